The highest BCUT2D eigenvalue weighted by Gasteiger charge is 2.32. The average Bonchev–Trinajstić information content (AvgIpc) is 2.95. The second-order valence-electron chi connectivity index (χ2n) is 5.99. The van der Waals surface area contributed by atoms with Gasteiger partial charge in [-0.15, -0.1) is 0 Å². The van der Waals surface area contributed by atoms with E-state index in [1.165, 1.54) is 19.3 Å². The zero-order valence-corrected chi connectivity index (χ0v) is 10.6. The van der Waals surface area contributed by atoms with Crippen molar-refractivity contribution in [1.29, 1.82) is 0 Å². The summed E-state index contributed by atoms with van der Waals surface area (Å²) in [4.78, 5) is 13.4. The number of carbonyl (C=O) groups is 1. The molecule has 1 aliphatic rings. The molecule has 0 heterocycles. The number of carbonyl (C=O) groups excluding carboxylic acids is 1. The molecule has 2 nitrogen and oxygen atoms in total. The fourth-order valence-corrected chi connectivity index (χ4v) is 1.82. The van der Waals surface area contributed by atoms with Crippen LogP contribution in [0.5, 0.6) is 0 Å². The molecule has 0 unspecified atom stereocenters. The molecule has 0 aromatic rings. The van der Waals surface area contributed by atoms with Crippen LogP contribution in [0, 0.1) is 11.3 Å². The largest absolute Gasteiger partial charge is 0.303 e. The SMILES string of the molecule is CC(C)CCN(CC(C)(C)C=O)C1CC1. The average molecular weight is 211 g/mol. The lowest BCUT2D eigenvalue weighted by Crippen LogP contribution is -2.37. The molecule has 1 saturated carbocycles. The third kappa shape index (κ3) is 4.78. The molecule has 0 spiro atoms. The second kappa shape index (κ2) is 5.11. The molecule has 1 aliphatic carbocycles. The molecule has 0 atom stereocenters. The Hall–Kier alpha value is -0.370. The Morgan fingerprint density at radius 1 is 1.40 bits per heavy atom. The molecule has 0 aromatic carbocycles. The number of hydrogen-bond donors (Lipinski definition) is 0. The van der Waals surface area contributed by atoms with Crippen molar-refractivity contribution in [3.8, 4) is 0 Å². The first kappa shape index (κ1) is 12.7. The zero-order valence-electron chi connectivity index (χ0n) is 10.6. The van der Waals surface area contributed by atoms with Gasteiger partial charge in [0.15, 0.2) is 0 Å². The van der Waals surface area contributed by atoms with E-state index >= 15 is 0 Å². The Morgan fingerprint density at radius 2 is 2.00 bits per heavy atom. The summed E-state index contributed by atoms with van der Waals surface area (Å²) in [6.07, 6.45) is 4.99. The summed E-state index contributed by atoms with van der Waals surface area (Å²) in [6.45, 7) is 10.7. The van der Waals surface area contributed by atoms with Crippen LogP contribution in [-0.2, 0) is 4.79 Å². The summed E-state index contributed by atoms with van der Waals surface area (Å²) in [6, 6.07) is 0.767. The Balaban J connectivity index is 2.40. The van der Waals surface area contributed by atoms with Gasteiger partial charge in [0.05, 0.1) is 0 Å². The van der Waals surface area contributed by atoms with Gasteiger partial charge in [0.1, 0.15) is 6.29 Å². The lowest BCUT2D eigenvalue weighted by atomic mass is 9.94. The predicted octanol–water partition coefficient (Wildman–Crippen LogP) is 2.72. The van der Waals surface area contributed by atoms with Crippen LogP contribution >= 0.6 is 0 Å². The maximum absolute atomic E-state index is 10.9. The van der Waals surface area contributed by atoms with Crippen LogP contribution in [0.3, 0.4) is 0 Å². The predicted molar refractivity (Wildman–Crippen MR) is 63.9 cm³/mol. The summed E-state index contributed by atoms with van der Waals surface area (Å²) in [5.74, 6) is 0.755. The minimum atomic E-state index is -0.181. The molecule has 88 valence electrons. The maximum atomic E-state index is 10.9. The minimum Gasteiger partial charge on any atom is -0.303 e. The van der Waals surface area contributed by atoms with Gasteiger partial charge in [-0.05, 0) is 31.7 Å². The molecule has 0 N–H and O–H groups in total. The van der Waals surface area contributed by atoms with Crippen molar-refractivity contribution in [1.82, 2.24) is 4.90 Å². The standard InChI is InChI=1S/C13H25NO/c1-11(2)7-8-14(12-5-6-12)9-13(3,4)10-15/h10-12H,5-9H2,1-4H3. The van der Waals surface area contributed by atoms with E-state index in [9.17, 15) is 4.79 Å². The molecular weight excluding hydrogens is 186 g/mol. The van der Waals surface area contributed by atoms with Gasteiger partial charge in [0, 0.05) is 18.0 Å². The Bertz CT molecular complexity index is 207. The third-order valence-electron chi connectivity index (χ3n) is 2.99. The van der Waals surface area contributed by atoms with Crippen molar-refractivity contribution in [2.24, 2.45) is 11.3 Å². The monoisotopic (exact) mass is 211 g/mol. The van der Waals surface area contributed by atoms with E-state index in [-0.39, 0.29) is 5.41 Å². The number of hydrogen-bond acceptors (Lipinski definition) is 2. The van der Waals surface area contributed by atoms with E-state index in [4.69, 9.17) is 0 Å². The van der Waals surface area contributed by atoms with Gasteiger partial charge in [0.25, 0.3) is 0 Å². The third-order valence-corrected chi connectivity index (χ3v) is 2.99. The smallest absolute Gasteiger partial charge is 0.126 e. The van der Waals surface area contributed by atoms with Gasteiger partial charge in [-0.1, -0.05) is 27.7 Å². The molecule has 15 heavy (non-hydrogen) atoms. The summed E-state index contributed by atoms with van der Waals surface area (Å²) in [7, 11) is 0. The summed E-state index contributed by atoms with van der Waals surface area (Å²) >= 11 is 0. The van der Waals surface area contributed by atoms with Crippen LogP contribution in [0.4, 0.5) is 0 Å². The summed E-state index contributed by atoms with van der Waals surface area (Å²) < 4.78 is 0. The van der Waals surface area contributed by atoms with Crippen molar-refractivity contribution >= 4 is 6.29 Å². The molecule has 0 saturated heterocycles. The first-order valence-electron chi connectivity index (χ1n) is 6.15. The first-order valence-corrected chi connectivity index (χ1v) is 6.15. The normalized spacial score (nSPS) is 17.5. The first-order chi connectivity index (χ1) is 6.94. The molecule has 1 fully saturated rings. The quantitative estimate of drug-likeness (QED) is 0.603. The molecular formula is C13H25NO. The summed E-state index contributed by atoms with van der Waals surface area (Å²) in [5, 5.41) is 0. The molecule has 0 aliphatic heterocycles. The summed E-state index contributed by atoms with van der Waals surface area (Å²) in [5.41, 5.74) is -0.181. The Morgan fingerprint density at radius 3 is 2.40 bits per heavy atom. The fraction of sp³-hybridized carbons (Fsp3) is 0.923. The highest BCUT2D eigenvalue weighted by Crippen LogP contribution is 2.30. The number of rotatable bonds is 7. The molecule has 0 amide bonds. The Kier molecular flexibility index (Phi) is 4.32. The molecule has 0 radical (unpaired) electrons. The molecule has 0 aromatic heterocycles. The fourth-order valence-electron chi connectivity index (χ4n) is 1.82. The van der Waals surface area contributed by atoms with Crippen LogP contribution in [-0.4, -0.2) is 30.3 Å². The van der Waals surface area contributed by atoms with E-state index in [1.54, 1.807) is 0 Å². The maximum Gasteiger partial charge on any atom is 0.126 e. The lowest BCUT2D eigenvalue weighted by molar-refractivity contribution is -0.115. The van der Waals surface area contributed by atoms with E-state index in [0.717, 1.165) is 31.3 Å². The van der Waals surface area contributed by atoms with E-state index < -0.39 is 0 Å². The number of nitrogens with zero attached hydrogens (tertiary/aromatic N) is 1. The highest BCUT2D eigenvalue weighted by molar-refractivity contribution is 5.58. The van der Waals surface area contributed by atoms with Crippen LogP contribution < -0.4 is 0 Å². The van der Waals surface area contributed by atoms with Crippen molar-refractivity contribution in [3.05, 3.63) is 0 Å². The van der Waals surface area contributed by atoms with Gasteiger partial charge < -0.3 is 4.79 Å². The topological polar surface area (TPSA) is 20.3 Å². The van der Waals surface area contributed by atoms with Crippen molar-refractivity contribution in [2.45, 2.75) is 53.0 Å². The molecule has 2 heteroatoms. The van der Waals surface area contributed by atoms with Gasteiger partial charge in [-0.25, -0.2) is 0 Å². The molecule has 1 rings (SSSR count). The molecule has 0 bridgehead atoms. The van der Waals surface area contributed by atoms with Gasteiger partial charge in [-0.3, -0.25) is 4.90 Å². The van der Waals surface area contributed by atoms with E-state index in [1.807, 2.05) is 13.8 Å². The minimum absolute atomic E-state index is 0.181. The number of aldehydes is 1. The van der Waals surface area contributed by atoms with Crippen molar-refractivity contribution in [3.63, 3.8) is 0 Å². The lowest BCUT2D eigenvalue weighted by Gasteiger charge is -2.29. The van der Waals surface area contributed by atoms with Crippen LogP contribution in [0.25, 0.3) is 0 Å². The highest BCUT2D eigenvalue weighted by atomic mass is 16.1. The zero-order chi connectivity index (χ0) is 11.5. The second-order valence-corrected chi connectivity index (χ2v) is 5.99. The van der Waals surface area contributed by atoms with Gasteiger partial charge in [-0.2, -0.15) is 0 Å². The van der Waals surface area contributed by atoms with Crippen LogP contribution in [0.1, 0.15) is 47.0 Å². The van der Waals surface area contributed by atoms with E-state index in [0.29, 0.717) is 0 Å². The van der Waals surface area contributed by atoms with Crippen molar-refractivity contribution in [2.75, 3.05) is 13.1 Å². The van der Waals surface area contributed by atoms with Crippen LogP contribution in [0.2, 0.25) is 0 Å². The van der Waals surface area contributed by atoms with Gasteiger partial charge in [0.2, 0.25) is 0 Å². The van der Waals surface area contributed by atoms with Crippen LogP contribution in [0.15, 0.2) is 0 Å². The van der Waals surface area contributed by atoms with Crippen molar-refractivity contribution < 1.29 is 4.79 Å². The van der Waals surface area contributed by atoms with Gasteiger partial charge >= 0.3 is 0 Å². The Labute approximate surface area is 94.0 Å². The van der Waals surface area contributed by atoms with E-state index in [2.05, 4.69) is 18.7 Å².